The van der Waals surface area contributed by atoms with Gasteiger partial charge in [-0.2, -0.15) is 0 Å². The Balaban J connectivity index is 2.00. The zero-order valence-corrected chi connectivity index (χ0v) is 9.99. The van der Waals surface area contributed by atoms with Crippen LogP contribution in [0.3, 0.4) is 0 Å². The summed E-state index contributed by atoms with van der Waals surface area (Å²) in [6.07, 6.45) is 3.46. The van der Waals surface area contributed by atoms with Gasteiger partial charge in [0.2, 0.25) is 0 Å². The van der Waals surface area contributed by atoms with Crippen LogP contribution in [0.2, 0.25) is 0 Å². The molecule has 0 saturated heterocycles. The van der Waals surface area contributed by atoms with E-state index in [4.69, 9.17) is 10.5 Å². The molecule has 1 fully saturated rings. The fourth-order valence-electron chi connectivity index (χ4n) is 2.78. The van der Waals surface area contributed by atoms with E-state index >= 15 is 0 Å². The lowest BCUT2D eigenvalue weighted by Gasteiger charge is -2.43. The highest BCUT2D eigenvalue weighted by molar-refractivity contribution is 5.39. The molecule has 0 bridgehead atoms. The number of nitrogens with two attached hydrogens (primary N) is 1. The fraction of sp³-hybridized carbons (Fsp3) is 0.571. The molecule has 2 aliphatic rings. The number of fused-ring (bicyclic) bond motifs is 1. The summed E-state index contributed by atoms with van der Waals surface area (Å²) in [7, 11) is 0. The molecule has 1 saturated carbocycles. The van der Waals surface area contributed by atoms with E-state index < -0.39 is 0 Å². The molecule has 1 aromatic rings. The maximum Gasteiger partial charge on any atom is 0.124 e. The SMILES string of the molecule is CC1(C2(C)CC(N)c3ccccc3O2)CC1. The summed E-state index contributed by atoms with van der Waals surface area (Å²) in [5, 5.41) is 0. The van der Waals surface area contributed by atoms with Gasteiger partial charge in [0.15, 0.2) is 0 Å². The first-order valence-corrected chi connectivity index (χ1v) is 6.08. The molecular formula is C14H19NO. The van der Waals surface area contributed by atoms with Gasteiger partial charge in [-0.05, 0) is 25.8 Å². The van der Waals surface area contributed by atoms with Gasteiger partial charge in [-0.3, -0.25) is 0 Å². The Morgan fingerprint density at radius 3 is 2.62 bits per heavy atom. The van der Waals surface area contributed by atoms with Crippen molar-refractivity contribution < 1.29 is 4.74 Å². The normalized spacial score (nSPS) is 35.1. The van der Waals surface area contributed by atoms with E-state index in [-0.39, 0.29) is 11.6 Å². The van der Waals surface area contributed by atoms with Crippen molar-refractivity contribution in [2.75, 3.05) is 0 Å². The van der Waals surface area contributed by atoms with Gasteiger partial charge in [0.25, 0.3) is 0 Å². The fourth-order valence-corrected chi connectivity index (χ4v) is 2.78. The first-order valence-electron chi connectivity index (χ1n) is 6.08. The second-order valence-electron chi connectivity index (χ2n) is 5.74. The van der Waals surface area contributed by atoms with Crippen LogP contribution >= 0.6 is 0 Å². The van der Waals surface area contributed by atoms with Crippen LogP contribution in [0.4, 0.5) is 0 Å². The van der Waals surface area contributed by atoms with E-state index in [2.05, 4.69) is 19.9 Å². The average Bonchev–Trinajstić information content (AvgIpc) is 2.98. The van der Waals surface area contributed by atoms with Crippen molar-refractivity contribution in [1.82, 2.24) is 0 Å². The van der Waals surface area contributed by atoms with Gasteiger partial charge in [0.05, 0.1) is 0 Å². The number of para-hydroxylation sites is 1. The van der Waals surface area contributed by atoms with Gasteiger partial charge in [-0.1, -0.05) is 25.1 Å². The third-order valence-corrected chi connectivity index (χ3v) is 4.54. The topological polar surface area (TPSA) is 35.2 Å². The number of ether oxygens (including phenoxy) is 1. The average molecular weight is 217 g/mol. The minimum atomic E-state index is -0.0826. The number of rotatable bonds is 1. The largest absolute Gasteiger partial charge is 0.487 e. The lowest BCUT2D eigenvalue weighted by Crippen LogP contribution is -2.46. The Bertz CT molecular complexity index is 424. The number of benzene rings is 1. The van der Waals surface area contributed by atoms with E-state index in [1.165, 1.54) is 12.8 Å². The van der Waals surface area contributed by atoms with Gasteiger partial charge in [-0.25, -0.2) is 0 Å². The summed E-state index contributed by atoms with van der Waals surface area (Å²) in [5.74, 6) is 0.983. The molecule has 16 heavy (non-hydrogen) atoms. The van der Waals surface area contributed by atoms with Gasteiger partial charge in [-0.15, -0.1) is 0 Å². The molecule has 0 spiro atoms. The highest BCUT2D eigenvalue weighted by Crippen LogP contribution is 2.59. The smallest absolute Gasteiger partial charge is 0.124 e. The molecular weight excluding hydrogens is 198 g/mol. The lowest BCUT2D eigenvalue weighted by atomic mass is 9.78. The summed E-state index contributed by atoms with van der Waals surface area (Å²) in [4.78, 5) is 0. The molecule has 2 heteroatoms. The minimum absolute atomic E-state index is 0.0826. The first-order chi connectivity index (χ1) is 7.54. The monoisotopic (exact) mass is 217 g/mol. The Kier molecular flexibility index (Phi) is 1.91. The van der Waals surface area contributed by atoms with Crippen LogP contribution in [0.25, 0.3) is 0 Å². The third kappa shape index (κ3) is 1.29. The summed E-state index contributed by atoms with van der Waals surface area (Å²) in [6.45, 7) is 4.53. The number of hydrogen-bond donors (Lipinski definition) is 1. The Morgan fingerprint density at radius 1 is 1.25 bits per heavy atom. The molecule has 2 nitrogen and oxygen atoms in total. The molecule has 0 radical (unpaired) electrons. The van der Waals surface area contributed by atoms with Gasteiger partial charge in [0.1, 0.15) is 11.4 Å². The van der Waals surface area contributed by atoms with Gasteiger partial charge >= 0.3 is 0 Å². The van der Waals surface area contributed by atoms with Crippen LogP contribution in [-0.2, 0) is 0 Å². The predicted octanol–water partition coefficient (Wildman–Crippen LogP) is 3.03. The van der Waals surface area contributed by atoms with Crippen molar-refractivity contribution in [3.8, 4) is 5.75 Å². The molecule has 0 aromatic heterocycles. The third-order valence-electron chi connectivity index (χ3n) is 4.54. The molecule has 2 atom stereocenters. The summed E-state index contributed by atoms with van der Waals surface area (Å²) in [5.41, 5.74) is 7.67. The van der Waals surface area contributed by atoms with E-state index in [0.29, 0.717) is 5.41 Å². The summed E-state index contributed by atoms with van der Waals surface area (Å²) < 4.78 is 6.24. The highest BCUT2D eigenvalue weighted by Gasteiger charge is 2.56. The zero-order valence-electron chi connectivity index (χ0n) is 9.99. The first kappa shape index (κ1) is 10.2. The molecule has 1 aliphatic heterocycles. The van der Waals surface area contributed by atoms with Crippen LogP contribution < -0.4 is 10.5 Å². The van der Waals surface area contributed by atoms with Crippen LogP contribution in [0.1, 0.15) is 44.7 Å². The van der Waals surface area contributed by atoms with Crippen LogP contribution in [0, 0.1) is 5.41 Å². The van der Waals surface area contributed by atoms with Crippen LogP contribution in [0.5, 0.6) is 5.75 Å². The molecule has 1 aliphatic carbocycles. The van der Waals surface area contributed by atoms with Crippen molar-refractivity contribution in [3.05, 3.63) is 29.8 Å². The van der Waals surface area contributed by atoms with Gasteiger partial charge < -0.3 is 10.5 Å². The summed E-state index contributed by atoms with van der Waals surface area (Å²) in [6, 6.07) is 8.29. The number of hydrogen-bond acceptors (Lipinski definition) is 2. The molecule has 1 aromatic carbocycles. The quantitative estimate of drug-likeness (QED) is 0.784. The van der Waals surface area contributed by atoms with Crippen molar-refractivity contribution in [1.29, 1.82) is 0 Å². The maximum atomic E-state index is 6.27. The lowest BCUT2D eigenvalue weighted by molar-refractivity contribution is -0.00892. The van der Waals surface area contributed by atoms with Gasteiger partial charge in [0, 0.05) is 23.4 Å². The second kappa shape index (κ2) is 3.01. The van der Waals surface area contributed by atoms with Crippen LogP contribution in [-0.4, -0.2) is 5.60 Å². The van der Waals surface area contributed by atoms with E-state index in [1.54, 1.807) is 0 Å². The van der Waals surface area contributed by atoms with E-state index in [9.17, 15) is 0 Å². The minimum Gasteiger partial charge on any atom is -0.487 e. The van der Waals surface area contributed by atoms with Crippen molar-refractivity contribution in [2.45, 2.75) is 44.8 Å². The zero-order chi connectivity index (χ0) is 11.4. The van der Waals surface area contributed by atoms with Crippen molar-refractivity contribution >= 4 is 0 Å². The standard InChI is InChI=1S/C14H19NO/c1-13(7-8-13)14(2)9-11(15)10-5-3-4-6-12(10)16-14/h3-6,11H,7-9,15H2,1-2H3. The highest BCUT2D eigenvalue weighted by atomic mass is 16.5. The molecule has 2 N–H and O–H groups in total. The Morgan fingerprint density at radius 2 is 1.94 bits per heavy atom. The Labute approximate surface area is 96.8 Å². The molecule has 2 unspecified atom stereocenters. The van der Waals surface area contributed by atoms with Crippen molar-refractivity contribution in [2.24, 2.45) is 11.1 Å². The van der Waals surface area contributed by atoms with E-state index in [1.807, 2.05) is 18.2 Å². The molecule has 1 heterocycles. The second-order valence-corrected chi connectivity index (χ2v) is 5.74. The van der Waals surface area contributed by atoms with E-state index in [0.717, 1.165) is 17.7 Å². The Hall–Kier alpha value is -1.02. The van der Waals surface area contributed by atoms with Crippen molar-refractivity contribution in [3.63, 3.8) is 0 Å². The molecule has 3 rings (SSSR count). The predicted molar refractivity (Wildman–Crippen MR) is 64.4 cm³/mol. The maximum absolute atomic E-state index is 6.27. The molecule has 86 valence electrons. The summed E-state index contributed by atoms with van der Waals surface area (Å²) >= 11 is 0. The molecule has 0 amide bonds. The van der Waals surface area contributed by atoms with Crippen LogP contribution in [0.15, 0.2) is 24.3 Å².